The van der Waals surface area contributed by atoms with E-state index in [-0.39, 0.29) is 29.4 Å². The third-order valence-corrected chi connectivity index (χ3v) is 5.51. The van der Waals surface area contributed by atoms with Gasteiger partial charge in [-0.15, -0.1) is 0 Å². The third kappa shape index (κ3) is 6.00. The lowest BCUT2D eigenvalue weighted by molar-refractivity contribution is 0.0124. The molecular weight excluding hydrogens is 432 g/mol. The van der Waals surface area contributed by atoms with Crippen LogP contribution in [0, 0.1) is 6.92 Å². The van der Waals surface area contributed by atoms with E-state index in [9.17, 15) is 4.79 Å². The van der Waals surface area contributed by atoms with E-state index < -0.39 is 5.60 Å². The van der Waals surface area contributed by atoms with Crippen LogP contribution < -0.4 is 9.47 Å². The second-order valence-corrected chi connectivity index (χ2v) is 9.49. The number of carbonyl (C=O) groups is 1. The van der Waals surface area contributed by atoms with Gasteiger partial charge in [-0.25, -0.2) is 19.7 Å². The SMILES string of the molecule is Cc1c(Oc2cccnc2Cl)ncnc1O[C@@H](C)CC1CCC(C)N1C(=O)OC(C)(C)C. The van der Waals surface area contributed by atoms with Gasteiger partial charge in [0, 0.05) is 24.7 Å². The molecule has 174 valence electrons. The highest BCUT2D eigenvalue weighted by Crippen LogP contribution is 2.33. The van der Waals surface area contributed by atoms with Crippen molar-refractivity contribution in [2.75, 3.05) is 0 Å². The molecule has 1 aliphatic heterocycles. The Morgan fingerprint density at radius 3 is 2.66 bits per heavy atom. The van der Waals surface area contributed by atoms with E-state index in [0.29, 0.717) is 29.5 Å². The molecule has 32 heavy (non-hydrogen) atoms. The van der Waals surface area contributed by atoms with Gasteiger partial charge in [0.15, 0.2) is 10.9 Å². The van der Waals surface area contributed by atoms with Crippen molar-refractivity contribution in [1.82, 2.24) is 19.9 Å². The lowest BCUT2D eigenvalue weighted by atomic mass is 10.1. The molecule has 3 heterocycles. The van der Waals surface area contributed by atoms with Crippen LogP contribution in [0.15, 0.2) is 24.7 Å². The van der Waals surface area contributed by atoms with Crippen LogP contribution in [0.4, 0.5) is 4.79 Å². The van der Waals surface area contributed by atoms with Crippen molar-refractivity contribution < 1.29 is 19.0 Å². The molecule has 1 saturated heterocycles. The van der Waals surface area contributed by atoms with Crippen LogP contribution in [-0.4, -0.2) is 49.7 Å². The Labute approximate surface area is 194 Å². The molecule has 2 aromatic rings. The summed E-state index contributed by atoms with van der Waals surface area (Å²) in [5.74, 6) is 1.18. The smallest absolute Gasteiger partial charge is 0.410 e. The van der Waals surface area contributed by atoms with Crippen molar-refractivity contribution in [3.05, 3.63) is 35.4 Å². The van der Waals surface area contributed by atoms with E-state index in [1.807, 2.05) is 39.5 Å². The first-order valence-electron chi connectivity index (χ1n) is 10.8. The first kappa shape index (κ1) is 24.0. The number of pyridine rings is 1. The molecule has 2 unspecified atom stereocenters. The molecule has 0 radical (unpaired) electrons. The monoisotopic (exact) mass is 462 g/mol. The standard InChI is InChI=1S/C23H31ClN4O4/c1-14-9-10-17(28(14)22(29)32-23(4,5)6)12-15(2)30-20-16(3)21(27-13-26-20)31-18-8-7-11-25-19(18)24/h7-8,11,13-15,17H,9-10,12H2,1-6H3/t14?,15-,17?/m0/s1. The number of rotatable bonds is 6. The van der Waals surface area contributed by atoms with E-state index in [2.05, 4.69) is 21.9 Å². The maximum atomic E-state index is 12.7. The summed E-state index contributed by atoms with van der Waals surface area (Å²) in [5.41, 5.74) is 0.126. The highest BCUT2D eigenvalue weighted by Gasteiger charge is 2.38. The van der Waals surface area contributed by atoms with Gasteiger partial charge in [-0.1, -0.05) is 11.6 Å². The molecule has 0 saturated carbocycles. The van der Waals surface area contributed by atoms with Crippen LogP contribution in [0.2, 0.25) is 5.15 Å². The summed E-state index contributed by atoms with van der Waals surface area (Å²) in [5, 5.41) is 0.249. The van der Waals surface area contributed by atoms with Crippen molar-refractivity contribution in [2.24, 2.45) is 0 Å². The molecule has 3 rings (SSSR count). The Bertz CT molecular complexity index is 950. The summed E-state index contributed by atoms with van der Waals surface area (Å²) in [4.78, 5) is 27.0. The number of ether oxygens (including phenoxy) is 3. The van der Waals surface area contributed by atoms with Crippen molar-refractivity contribution in [1.29, 1.82) is 0 Å². The number of carbonyl (C=O) groups excluding carboxylic acids is 1. The molecule has 8 nitrogen and oxygen atoms in total. The molecule has 0 aromatic carbocycles. The van der Waals surface area contributed by atoms with Crippen molar-refractivity contribution >= 4 is 17.7 Å². The van der Waals surface area contributed by atoms with Gasteiger partial charge < -0.3 is 19.1 Å². The zero-order valence-corrected chi connectivity index (χ0v) is 20.2. The van der Waals surface area contributed by atoms with E-state index >= 15 is 0 Å². The Morgan fingerprint density at radius 1 is 1.25 bits per heavy atom. The fourth-order valence-corrected chi connectivity index (χ4v) is 3.92. The quantitative estimate of drug-likeness (QED) is 0.518. The third-order valence-electron chi connectivity index (χ3n) is 5.23. The Morgan fingerprint density at radius 2 is 1.97 bits per heavy atom. The topological polar surface area (TPSA) is 86.7 Å². The van der Waals surface area contributed by atoms with Gasteiger partial charge in [0.2, 0.25) is 11.8 Å². The van der Waals surface area contributed by atoms with E-state index in [4.69, 9.17) is 25.8 Å². The predicted octanol–water partition coefficient (Wildman–Crippen LogP) is 5.57. The number of hydrogen-bond acceptors (Lipinski definition) is 7. The van der Waals surface area contributed by atoms with Gasteiger partial charge in [-0.05, 0) is 66.5 Å². The highest BCUT2D eigenvalue weighted by atomic mass is 35.5. The molecule has 3 atom stereocenters. The number of halogens is 1. The van der Waals surface area contributed by atoms with Gasteiger partial charge in [-0.3, -0.25) is 0 Å². The molecule has 0 spiro atoms. The first-order valence-corrected chi connectivity index (χ1v) is 11.2. The zero-order chi connectivity index (χ0) is 23.5. The van der Waals surface area contributed by atoms with Gasteiger partial charge in [0.1, 0.15) is 11.9 Å². The van der Waals surface area contributed by atoms with E-state index in [0.717, 1.165) is 12.8 Å². The summed E-state index contributed by atoms with van der Waals surface area (Å²) < 4.78 is 17.5. The average Bonchev–Trinajstić information content (AvgIpc) is 3.05. The number of likely N-dealkylation sites (tertiary alicyclic amines) is 1. The number of aromatic nitrogens is 3. The zero-order valence-electron chi connectivity index (χ0n) is 19.5. The summed E-state index contributed by atoms with van der Waals surface area (Å²) in [7, 11) is 0. The molecule has 1 fully saturated rings. The van der Waals surface area contributed by atoms with Crippen LogP contribution in [0.1, 0.15) is 59.4 Å². The fraction of sp³-hybridized carbons (Fsp3) is 0.565. The number of amides is 1. The molecule has 1 amide bonds. The number of hydrogen-bond donors (Lipinski definition) is 0. The summed E-state index contributed by atoms with van der Waals surface area (Å²) in [6.45, 7) is 11.5. The van der Waals surface area contributed by atoms with E-state index in [1.165, 1.54) is 6.33 Å². The lowest BCUT2D eigenvalue weighted by Gasteiger charge is -2.32. The Hall–Kier alpha value is -2.61. The first-order chi connectivity index (χ1) is 15.0. The summed E-state index contributed by atoms with van der Waals surface area (Å²) >= 11 is 6.08. The normalized spacial score (nSPS) is 19.5. The van der Waals surface area contributed by atoms with Crippen molar-refractivity contribution in [2.45, 2.75) is 84.6 Å². The minimum atomic E-state index is -0.530. The minimum Gasteiger partial charge on any atom is -0.474 e. The van der Waals surface area contributed by atoms with E-state index in [1.54, 1.807) is 18.3 Å². The average molecular weight is 463 g/mol. The fourth-order valence-electron chi connectivity index (χ4n) is 3.76. The molecule has 2 aromatic heterocycles. The lowest BCUT2D eigenvalue weighted by Crippen LogP contribution is -2.44. The van der Waals surface area contributed by atoms with Crippen LogP contribution in [0.5, 0.6) is 17.5 Å². The van der Waals surface area contributed by atoms with Crippen LogP contribution in [0.25, 0.3) is 0 Å². The maximum absolute atomic E-state index is 12.7. The predicted molar refractivity (Wildman–Crippen MR) is 121 cm³/mol. The second kappa shape index (κ2) is 9.90. The Balaban J connectivity index is 1.67. The maximum Gasteiger partial charge on any atom is 0.410 e. The van der Waals surface area contributed by atoms with Crippen LogP contribution in [0.3, 0.4) is 0 Å². The second-order valence-electron chi connectivity index (χ2n) is 9.14. The molecule has 0 bridgehead atoms. The van der Waals surface area contributed by atoms with Crippen LogP contribution >= 0.6 is 11.6 Å². The molecular formula is C23H31ClN4O4. The van der Waals surface area contributed by atoms with Gasteiger partial charge >= 0.3 is 6.09 Å². The highest BCUT2D eigenvalue weighted by molar-refractivity contribution is 6.30. The summed E-state index contributed by atoms with van der Waals surface area (Å²) in [6.07, 6.45) is 5.03. The molecule has 9 heteroatoms. The van der Waals surface area contributed by atoms with Crippen molar-refractivity contribution in [3.63, 3.8) is 0 Å². The molecule has 0 aliphatic carbocycles. The molecule has 0 N–H and O–H groups in total. The van der Waals surface area contributed by atoms with Crippen LogP contribution in [-0.2, 0) is 4.74 Å². The van der Waals surface area contributed by atoms with Gasteiger partial charge in [0.25, 0.3) is 0 Å². The van der Waals surface area contributed by atoms with Crippen molar-refractivity contribution in [3.8, 4) is 17.5 Å². The summed E-state index contributed by atoms with van der Waals surface area (Å²) in [6, 6.07) is 3.62. The van der Waals surface area contributed by atoms with Gasteiger partial charge in [0.05, 0.1) is 11.7 Å². The van der Waals surface area contributed by atoms with Gasteiger partial charge in [-0.2, -0.15) is 0 Å². The molecule has 1 aliphatic rings. The number of nitrogens with zero attached hydrogens (tertiary/aromatic N) is 4. The largest absolute Gasteiger partial charge is 0.474 e. The minimum absolute atomic E-state index is 0.0434. The Kier molecular flexibility index (Phi) is 7.44.